The molecule has 1 aromatic rings. The zero-order valence-corrected chi connectivity index (χ0v) is 11.1. The lowest BCUT2D eigenvalue weighted by Gasteiger charge is -2.27. The number of benzene rings is 1. The second kappa shape index (κ2) is 5.65. The Hall–Kier alpha value is -0.860. The maximum absolute atomic E-state index is 5.50. The van der Waals surface area contributed by atoms with Crippen LogP contribution in [0.2, 0.25) is 0 Å². The van der Waals surface area contributed by atoms with Gasteiger partial charge in [-0.3, -0.25) is 0 Å². The van der Waals surface area contributed by atoms with E-state index in [1.807, 2.05) is 0 Å². The van der Waals surface area contributed by atoms with E-state index in [9.17, 15) is 0 Å². The van der Waals surface area contributed by atoms with Crippen LogP contribution in [0.5, 0.6) is 0 Å². The lowest BCUT2D eigenvalue weighted by molar-refractivity contribution is 0.0671. The molecule has 1 N–H and O–H groups in total. The van der Waals surface area contributed by atoms with E-state index in [1.165, 1.54) is 29.5 Å². The fourth-order valence-electron chi connectivity index (χ4n) is 2.58. The van der Waals surface area contributed by atoms with E-state index in [1.54, 1.807) is 0 Å². The highest BCUT2D eigenvalue weighted by Crippen LogP contribution is 2.18. The second-order valence-electron chi connectivity index (χ2n) is 5.22. The highest BCUT2D eigenvalue weighted by atomic mass is 16.5. The van der Waals surface area contributed by atoms with Crippen LogP contribution in [0.4, 0.5) is 0 Å². The Morgan fingerprint density at radius 2 is 1.94 bits per heavy atom. The minimum atomic E-state index is 0.403. The number of hydrogen-bond acceptors (Lipinski definition) is 2. The van der Waals surface area contributed by atoms with Crippen molar-refractivity contribution in [3.05, 3.63) is 34.9 Å². The van der Waals surface area contributed by atoms with E-state index in [0.717, 1.165) is 13.2 Å². The van der Waals surface area contributed by atoms with Crippen molar-refractivity contribution in [2.75, 3.05) is 13.2 Å². The molecule has 2 nitrogen and oxygen atoms in total. The van der Waals surface area contributed by atoms with Gasteiger partial charge in [-0.05, 0) is 39.2 Å². The summed E-state index contributed by atoms with van der Waals surface area (Å²) in [5, 5.41) is 3.66. The first-order valence-corrected chi connectivity index (χ1v) is 6.57. The molecule has 0 aromatic heterocycles. The molecule has 0 spiro atoms. The fraction of sp³-hybridized carbons (Fsp3) is 0.600. The van der Waals surface area contributed by atoms with E-state index in [-0.39, 0.29) is 0 Å². The van der Waals surface area contributed by atoms with Gasteiger partial charge in [0.1, 0.15) is 0 Å². The van der Waals surface area contributed by atoms with Gasteiger partial charge in [0.2, 0.25) is 0 Å². The monoisotopic (exact) mass is 233 g/mol. The standard InChI is InChI=1S/C15H23NO/c1-11-7-12(2)9-14(8-11)13(3)16-15-5-4-6-17-10-15/h7-9,13,15-16H,4-6,10H2,1-3H3. The Balaban J connectivity index is 2.00. The fourth-order valence-corrected chi connectivity index (χ4v) is 2.58. The van der Waals surface area contributed by atoms with Gasteiger partial charge in [-0.1, -0.05) is 29.3 Å². The van der Waals surface area contributed by atoms with Crippen LogP contribution in [0, 0.1) is 13.8 Å². The number of aryl methyl sites for hydroxylation is 2. The smallest absolute Gasteiger partial charge is 0.0619 e. The molecule has 0 aliphatic carbocycles. The highest BCUT2D eigenvalue weighted by Gasteiger charge is 2.16. The van der Waals surface area contributed by atoms with Crippen LogP contribution in [0.15, 0.2) is 18.2 Å². The summed E-state index contributed by atoms with van der Waals surface area (Å²) in [6.07, 6.45) is 2.41. The Morgan fingerprint density at radius 3 is 2.53 bits per heavy atom. The van der Waals surface area contributed by atoms with Gasteiger partial charge < -0.3 is 10.1 Å². The number of nitrogens with one attached hydrogen (secondary N) is 1. The molecule has 1 fully saturated rings. The summed E-state index contributed by atoms with van der Waals surface area (Å²) in [6, 6.07) is 7.68. The van der Waals surface area contributed by atoms with Gasteiger partial charge in [0.05, 0.1) is 6.61 Å². The molecule has 2 rings (SSSR count). The molecule has 1 heterocycles. The minimum absolute atomic E-state index is 0.403. The van der Waals surface area contributed by atoms with Crippen LogP contribution in [-0.2, 0) is 4.74 Å². The van der Waals surface area contributed by atoms with E-state index in [0.29, 0.717) is 12.1 Å². The van der Waals surface area contributed by atoms with E-state index in [4.69, 9.17) is 4.74 Å². The number of hydrogen-bond donors (Lipinski definition) is 1. The summed E-state index contributed by atoms with van der Waals surface area (Å²) < 4.78 is 5.50. The van der Waals surface area contributed by atoms with Crippen molar-refractivity contribution in [2.24, 2.45) is 0 Å². The summed E-state index contributed by atoms with van der Waals surface area (Å²) in [4.78, 5) is 0. The molecule has 2 unspecified atom stereocenters. The molecule has 1 aliphatic heterocycles. The molecule has 17 heavy (non-hydrogen) atoms. The maximum atomic E-state index is 5.50. The van der Waals surface area contributed by atoms with Crippen LogP contribution in [0.3, 0.4) is 0 Å². The van der Waals surface area contributed by atoms with Crippen molar-refractivity contribution in [1.29, 1.82) is 0 Å². The molecule has 2 heteroatoms. The van der Waals surface area contributed by atoms with Gasteiger partial charge in [0, 0.05) is 18.7 Å². The molecular weight excluding hydrogens is 210 g/mol. The van der Waals surface area contributed by atoms with Crippen molar-refractivity contribution in [2.45, 2.75) is 45.7 Å². The molecule has 1 saturated heterocycles. The van der Waals surface area contributed by atoms with Crippen molar-refractivity contribution in [3.63, 3.8) is 0 Å². The van der Waals surface area contributed by atoms with Gasteiger partial charge in [0.25, 0.3) is 0 Å². The Kier molecular flexibility index (Phi) is 4.19. The zero-order chi connectivity index (χ0) is 12.3. The van der Waals surface area contributed by atoms with Crippen molar-refractivity contribution >= 4 is 0 Å². The quantitative estimate of drug-likeness (QED) is 0.866. The van der Waals surface area contributed by atoms with Gasteiger partial charge in [-0.2, -0.15) is 0 Å². The Labute approximate surface area is 104 Å². The lowest BCUT2D eigenvalue weighted by Crippen LogP contribution is -2.38. The SMILES string of the molecule is Cc1cc(C)cc(C(C)NC2CCCOC2)c1. The molecule has 0 amide bonds. The average molecular weight is 233 g/mol. The number of rotatable bonds is 3. The highest BCUT2D eigenvalue weighted by molar-refractivity contribution is 5.30. The molecule has 0 saturated carbocycles. The predicted octanol–water partition coefficient (Wildman–Crippen LogP) is 3.13. The van der Waals surface area contributed by atoms with Crippen molar-refractivity contribution < 1.29 is 4.74 Å². The van der Waals surface area contributed by atoms with Crippen molar-refractivity contribution in [1.82, 2.24) is 5.32 Å². The van der Waals surface area contributed by atoms with E-state index in [2.05, 4.69) is 44.3 Å². The molecule has 2 atom stereocenters. The molecule has 1 aliphatic rings. The third kappa shape index (κ3) is 3.55. The Bertz CT molecular complexity index is 349. The zero-order valence-electron chi connectivity index (χ0n) is 11.1. The largest absolute Gasteiger partial charge is 0.380 e. The summed E-state index contributed by atoms with van der Waals surface area (Å²) in [6.45, 7) is 8.34. The van der Waals surface area contributed by atoms with Crippen LogP contribution < -0.4 is 5.32 Å². The van der Waals surface area contributed by atoms with E-state index < -0.39 is 0 Å². The molecule has 94 valence electrons. The summed E-state index contributed by atoms with van der Waals surface area (Å²) in [5.74, 6) is 0. The van der Waals surface area contributed by atoms with Gasteiger partial charge in [-0.25, -0.2) is 0 Å². The topological polar surface area (TPSA) is 21.3 Å². The normalized spacial score (nSPS) is 22.4. The predicted molar refractivity (Wildman–Crippen MR) is 71.3 cm³/mol. The second-order valence-corrected chi connectivity index (χ2v) is 5.22. The summed E-state index contributed by atoms with van der Waals surface area (Å²) in [5.41, 5.74) is 4.06. The van der Waals surface area contributed by atoms with Gasteiger partial charge >= 0.3 is 0 Å². The number of ether oxygens (including phenoxy) is 1. The summed E-state index contributed by atoms with van der Waals surface area (Å²) in [7, 11) is 0. The van der Waals surface area contributed by atoms with Crippen LogP contribution >= 0.6 is 0 Å². The molecule has 1 aromatic carbocycles. The molecular formula is C15H23NO. The first-order valence-electron chi connectivity index (χ1n) is 6.57. The van der Waals surface area contributed by atoms with Gasteiger partial charge in [0.15, 0.2) is 0 Å². The summed E-state index contributed by atoms with van der Waals surface area (Å²) >= 11 is 0. The van der Waals surface area contributed by atoms with Crippen LogP contribution in [-0.4, -0.2) is 19.3 Å². The van der Waals surface area contributed by atoms with Crippen LogP contribution in [0.25, 0.3) is 0 Å². The van der Waals surface area contributed by atoms with Crippen molar-refractivity contribution in [3.8, 4) is 0 Å². The third-order valence-corrected chi connectivity index (χ3v) is 3.39. The first-order chi connectivity index (χ1) is 8.15. The van der Waals surface area contributed by atoms with Crippen LogP contribution in [0.1, 0.15) is 42.5 Å². The molecule has 0 bridgehead atoms. The minimum Gasteiger partial charge on any atom is -0.380 e. The maximum Gasteiger partial charge on any atom is 0.0619 e. The van der Waals surface area contributed by atoms with E-state index >= 15 is 0 Å². The third-order valence-electron chi connectivity index (χ3n) is 3.39. The lowest BCUT2D eigenvalue weighted by atomic mass is 10.0. The van der Waals surface area contributed by atoms with Gasteiger partial charge in [-0.15, -0.1) is 0 Å². The first kappa shape index (κ1) is 12.6. The average Bonchev–Trinajstić information content (AvgIpc) is 2.29. The Morgan fingerprint density at radius 1 is 1.24 bits per heavy atom. The molecule has 0 radical (unpaired) electrons.